The van der Waals surface area contributed by atoms with Gasteiger partial charge in [-0.2, -0.15) is 0 Å². The Kier molecular flexibility index (Phi) is 5.41. The van der Waals surface area contributed by atoms with Gasteiger partial charge in [0.2, 0.25) is 11.8 Å². The van der Waals surface area contributed by atoms with Crippen LogP contribution in [0.1, 0.15) is 13.3 Å². The van der Waals surface area contributed by atoms with Crippen LogP contribution in [-0.4, -0.2) is 18.4 Å². The van der Waals surface area contributed by atoms with Crippen LogP contribution in [0.3, 0.4) is 0 Å². The summed E-state index contributed by atoms with van der Waals surface area (Å²) in [7, 11) is 0. The highest BCUT2D eigenvalue weighted by molar-refractivity contribution is 5.94. The summed E-state index contributed by atoms with van der Waals surface area (Å²) in [5, 5.41) is 2.45. The number of para-hydroxylation sites is 1. The van der Waals surface area contributed by atoms with E-state index in [0.717, 1.165) is 0 Å². The first-order valence-corrected chi connectivity index (χ1v) is 7.05. The van der Waals surface area contributed by atoms with Gasteiger partial charge in [-0.3, -0.25) is 9.59 Å². The normalized spacial score (nSPS) is 10.2. The van der Waals surface area contributed by atoms with Crippen LogP contribution in [0.2, 0.25) is 0 Å². The number of carbonyl (C=O) groups is 2. The molecule has 0 unspecified atom stereocenters. The highest BCUT2D eigenvalue weighted by Gasteiger charge is 2.14. The van der Waals surface area contributed by atoms with Crippen LogP contribution in [0.25, 0.3) is 0 Å². The third-order valence-electron chi connectivity index (χ3n) is 3.23. The molecule has 6 heteroatoms. The maximum absolute atomic E-state index is 13.5. The summed E-state index contributed by atoms with van der Waals surface area (Å²) >= 11 is 0. The molecule has 0 saturated carbocycles. The van der Waals surface area contributed by atoms with Gasteiger partial charge in [-0.15, -0.1) is 0 Å². The number of halogens is 2. The molecule has 0 aliphatic rings. The Labute approximate surface area is 132 Å². The van der Waals surface area contributed by atoms with Gasteiger partial charge < -0.3 is 10.2 Å². The SMILES string of the molecule is CC(=O)N(CCC(=O)Nc1ccccc1F)c1ccc(F)cc1. The fraction of sp³-hybridized carbons (Fsp3) is 0.176. The van der Waals surface area contributed by atoms with Gasteiger partial charge in [0.1, 0.15) is 11.6 Å². The molecule has 2 aromatic carbocycles. The first-order valence-electron chi connectivity index (χ1n) is 7.05. The number of amides is 2. The molecule has 0 aromatic heterocycles. The molecule has 0 bridgehead atoms. The maximum atomic E-state index is 13.5. The lowest BCUT2D eigenvalue weighted by Crippen LogP contribution is -2.32. The first kappa shape index (κ1) is 16.6. The van der Waals surface area contributed by atoms with Gasteiger partial charge in [-0.25, -0.2) is 8.78 Å². The number of anilines is 2. The van der Waals surface area contributed by atoms with Crippen LogP contribution >= 0.6 is 0 Å². The summed E-state index contributed by atoms with van der Waals surface area (Å²) in [5.41, 5.74) is 0.589. The van der Waals surface area contributed by atoms with Gasteiger partial charge in [-0.1, -0.05) is 12.1 Å². The average molecular weight is 318 g/mol. The molecule has 4 nitrogen and oxygen atoms in total. The van der Waals surface area contributed by atoms with Crippen molar-refractivity contribution in [3.63, 3.8) is 0 Å². The predicted molar refractivity (Wildman–Crippen MR) is 84.1 cm³/mol. The van der Waals surface area contributed by atoms with Crippen molar-refractivity contribution in [2.75, 3.05) is 16.8 Å². The largest absolute Gasteiger partial charge is 0.324 e. The standard InChI is InChI=1S/C17H16F2N2O2/c1-12(22)21(14-8-6-13(18)7-9-14)11-10-17(23)20-16-5-3-2-4-15(16)19/h2-9H,10-11H2,1H3,(H,20,23). The Balaban J connectivity index is 1.99. The third kappa shape index (κ3) is 4.60. The molecule has 0 aliphatic heterocycles. The molecule has 0 radical (unpaired) electrons. The summed E-state index contributed by atoms with van der Waals surface area (Å²) < 4.78 is 26.4. The number of hydrogen-bond acceptors (Lipinski definition) is 2. The van der Waals surface area contributed by atoms with Crippen molar-refractivity contribution in [1.82, 2.24) is 0 Å². The third-order valence-corrected chi connectivity index (χ3v) is 3.23. The molecular weight excluding hydrogens is 302 g/mol. The minimum Gasteiger partial charge on any atom is -0.324 e. The fourth-order valence-electron chi connectivity index (χ4n) is 2.08. The van der Waals surface area contributed by atoms with Gasteiger partial charge in [0, 0.05) is 25.6 Å². The molecule has 120 valence electrons. The van der Waals surface area contributed by atoms with E-state index < -0.39 is 17.5 Å². The van der Waals surface area contributed by atoms with Crippen LogP contribution in [-0.2, 0) is 9.59 Å². The zero-order valence-electron chi connectivity index (χ0n) is 12.6. The smallest absolute Gasteiger partial charge is 0.226 e. The van der Waals surface area contributed by atoms with Crippen LogP contribution in [0, 0.1) is 11.6 Å². The second-order valence-electron chi connectivity index (χ2n) is 4.93. The number of benzene rings is 2. The Morgan fingerprint density at radius 2 is 1.70 bits per heavy atom. The Morgan fingerprint density at radius 3 is 2.30 bits per heavy atom. The minimum absolute atomic E-state index is 0.00864. The molecule has 2 rings (SSSR count). The molecule has 0 aliphatic carbocycles. The molecule has 0 atom stereocenters. The van der Waals surface area contributed by atoms with Crippen LogP contribution < -0.4 is 10.2 Å². The number of nitrogens with zero attached hydrogens (tertiary/aromatic N) is 1. The molecule has 0 heterocycles. The van der Waals surface area contributed by atoms with Crippen molar-refractivity contribution in [2.24, 2.45) is 0 Å². The Hall–Kier alpha value is -2.76. The van der Waals surface area contributed by atoms with E-state index in [0.29, 0.717) is 5.69 Å². The van der Waals surface area contributed by atoms with Crippen molar-refractivity contribution < 1.29 is 18.4 Å². The molecule has 2 aromatic rings. The van der Waals surface area contributed by atoms with E-state index in [1.807, 2.05) is 0 Å². The topological polar surface area (TPSA) is 49.4 Å². The van der Waals surface area contributed by atoms with Gasteiger partial charge >= 0.3 is 0 Å². The Bertz CT molecular complexity index is 702. The summed E-state index contributed by atoms with van der Waals surface area (Å²) in [5.74, 6) is -1.61. The van der Waals surface area contributed by atoms with Crippen LogP contribution in [0.5, 0.6) is 0 Å². The van der Waals surface area contributed by atoms with E-state index in [4.69, 9.17) is 0 Å². The minimum atomic E-state index is -0.525. The van der Waals surface area contributed by atoms with Crippen molar-refractivity contribution in [1.29, 1.82) is 0 Å². The van der Waals surface area contributed by atoms with Crippen molar-refractivity contribution >= 4 is 23.2 Å². The van der Waals surface area contributed by atoms with Gasteiger partial charge in [0.05, 0.1) is 5.69 Å². The van der Waals surface area contributed by atoms with E-state index in [1.165, 1.54) is 54.3 Å². The molecule has 2 amide bonds. The quantitative estimate of drug-likeness (QED) is 0.919. The molecular formula is C17H16F2N2O2. The van der Waals surface area contributed by atoms with Crippen molar-refractivity contribution in [3.05, 3.63) is 60.2 Å². The van der Waals surface area contributed by atoms with E-state index in [9.17, 15) is 18.4 Å². The van der Waals surface area contributed by atoms with E-state index in [2.05, 4.69) is 5.32 Å². The molecule has 1 N–H and O–H groups in total. The van der Waals surface area contributed by atoms with Gasteiger partial charge in [-0.05, 0) is 36.4 Å². The summed E-state index contributed by atoms with van der Waals surface area (Å²) in [6.07, 6.45) is -0.00864. The monoisotopic (exact) mass is 318 g/mol. The highest BCUT2D eigenvalue weighted by Crippen LogP contribution is 2.16. The van der Waals surface area contributed by atoms with Crippen molar-refractivity contribution in [3.8, 4) is 0 Å². The second-order valence-corrected chi connectivity index (χ2v) is 4.93. The summed E-state index contributed by atoms with van der Waals surface area (Å²) in [6, 6.07) is 11.2. The first-order chi connectivity index (χ1) is 11.0. The molecule has 0 fully saturated rings. The number of carbonyl (C=O) groups excluding carboxylic acids is 2. The number of nitrogens with one attached hydrogen (secondary N) is 1. The van der Waals surface area contributed by atoms with E-state index >= 15 is 0 Å². The van der Waals surface area contributed by atoms with Crippen molar-refractivity contribution in [2.45, 2.75) is 13.3 Å². The Morgan fingerprint density at radius 1 is 1.04 bits per heavy atom. The fourth-order valence-corrected chi connectivity index (χ4v) is 2.08. The zero-order valence-corrected chi connectivity index (χ0v) is 12.6. The molecule has 0 spiro atoms. The van der Waals surface area contributed by atoms with Gasteiger partial charge in [0.25, 0.3) is 0 Å². The lowest BCUT2D eigenvalue weighted by molar-refractivity contribution is -0.117. The average Bonchev–Trinajstić information content (AvgIpc) is 2.51. The van der Waals surface area contributed by atoms with Crippen LogP contribution in [0.15, 0.2) is 48.5 Å². The zero-order chi connectivity index (χ0) is 16.8. The predicted octanol–water partition coefficient (Wildman–Crippen LogP) is 3.35. The molecule has 23 heavy (non-hydrogen) atoms. The van der Waals surface area contributed by atoms with Crippen LogP contribution in [0.4, 0.5) is 20.2 Å². The number of rotatable bonds is 5. The summed E-state index contributed by atoms with van der Waals surface area (Å²) in [6.45, 7) is 1.47. The van der Waals surface area contributed by atoms with E-state index in [1.54, 1.807) is 6.07 Å². The summed E-state index contributed by atoms with van der Waals surface area (Å²) in [4.78, 5) is 25.0. The second kappa shape index (κ2) is 7.49. The molecule has 0 saturated heterocycles. The van der Waals surface area contributed by atoms with E-state index in [-0.39, 0.29) is 24.6 Å². The lowest BCUT2D eigenvalue weighted by Gasteiger charge is -2.21. The lowest BCUT2D eigenvalue weighted by atomic mass is 10.2. The highest BCUT2D eigenvalue weighted by atomic mass is 19.1. The van der Waals surface area contributed by atoms with Gasteiger partial charge in [0.15, 0.2) is 0 Å². The maximum Gasteiger partial charge on any atom is 0.226 e. The number of hydrogen-bond donors (Lipinski definition) is 1.